The fourth-order valence-electron chi connectivity index (χ4n) is 1.73. The van der Waals surface area contributed by atoms with Gasteiger partial charge in [-0.15, -0.1) is 0 Å². The van der Waals surface area contributed by atoms with Gasteiger partial charge in [0.25, 0.3) is 0 Å². The largest absolute Gasteiger partial charge is 0.478 e. The first kappa shape index (κ1) is 14.2. The average Bonchev–Trinajstić information content (AvgIpc) is 2.24. The number of carboxylic acid groups (broad SMARTS) is 1. The van der Waals surface area contributed by atoms with Crippen molar-refractivity contribution in [1.82, 2.24) is 0 Å². The number of carboxylic acids is 1. The van der Waals surface area contributed by atoms with E-state index >= 15 is 0 Å². The van der Waals surface area contributed by atoms with Crippen molar-refractivity contribution in [3.8, 4) is 0 Å². The summed E-state index contributed by atoms with van der Waals surface area (Å²) in [5.41, 5.74) is 1.29. The molecule has 4 heteroatoms. The minimum atomic E-state index is -1.05. The van der Waals surface area contributed by atoms with E-state index in [1.165, 1.54) is 18.2 Å². The van der Waals surface area contributed by atoms with E-state index < -0.39 is 5.97 Å². The third-order valence-electron chi connectivity index (χ3n) is 2.40. The predicted molar refractivity (Wildman–Crippen MR) is 71.2 cm³/mol. The SMILES string of the molecule is CC(C)CN(C)c1cc(F)cc(/C=C/C(=O)O)c1. The van der Waals surface area contributed by atoms with Gasteiger partial charge in [-0.2, -0.15) is 0 Å². The molecular formula is C14H18FNO2. The Balaban J connectivity index is 2.96. The first-order valence-electron chi connectivity index (χ1n) is 5.81. The van der Waals surface area contributed by atoms with Gasteiger partial charge in [-0.3, -0.25) is 0 Å². The minimum absolute atomic E-state index is 0.367. The summed E-state index contributed by atoms with van der Waals surface area (Å²) in [6, 6.07) is 4.53. The molecule has 0 unspecified atom stereocenters. The maximum absolute atomic E-state index is 13.4. The number of benzene rings is 1. The van der Waals surface area contributed by atoms with Crippen LogP contribution in [0.5, 0.6) is 0 Å². The molecule has 1 N–H and O–H groups in total. The Hall–Kier alpha value is -1.84. The van der Waals surface area contributed by atoms with Crippen LogP contribution in [0, 0.1) is 11.7 Å². The molecule has 0 aromatic heterocycles. The van der Waals surface area contributed by atoms with E-state index in [2.05, 4.69) is 13.8 Å². The molecule has 98 valence electrons. The molecule has 0 saturated carbocycles. The molecule has 0 spiro atoms. The highest BCUT2D eigenvalue weighted by Crippen LogP contribution is 2.19. The number of anilines is 1. The topological polar surface area (TPSA) is 40.5 Å². The van der Waals surface area contributed by atoms with Crippen molar-refractivity contribution >= 4 is 17.7 Å². The summed E-state index contributed by atoms with van der Waals surface area (Å²) in [6.07, 6.45) is 2.39. The van der Waals surface area contributed by atoms with E-state index in [0.29, 0.717) is 11.5 Å². The first-order chi connectivity index (χ1) is 8.38. The third-order valence-corrected chi connectivity index (χ3v) is 2.40. The van der Waals surface area contributed by atoms with Gasteiger partial charge >= 0.3 is 5.97 Å². The zero-order valence-corrected chi connectivity index (χ0v) is 10.9. The van der Waals surface area contributed by atoms with Crippen LogP contribution >= 0.6 is 0 Å². The number of halogens is 1. The van der Waals surface area contributed by atoms with Crippen LogP contribution in [0.2, 0.25) is 0 Å². The Bertz CT molecular complexity index is 455. The highest BCUT2D eigenvalue weighted by atomic mass is 19.1. The summed E-state index contributed by atoms with van der Waals surface area (Å²) in [6.45, 7) is 4.98. The van der Waals surface area contributed by atoms with Crippen molar-refractivity contribution in [1.29, 1.82) is 0 Å². The standard InChI is InChI=1S/C14H18FNO2/c1-10(2)9-16(3)13-7-11(4-5-14(17)18)6-12(15)8-13/h4-8,10H,9H2,1-3H3,(H,17,18)/b5-4+. The van der Waals surface area contributed by atoms with Gasteiger partial charge in [0.1, 0.15) is 5.82 Å². The van der Waals surface area contributed by atoms with Crippen LogP contribution < -0.4 is 4.90 Å². The van der Waals surface area contributed by atoms with Crippen molar-refractivity contribution < 1.29 is 14.3 Å². The van der Waals surface area contributed by atoms with Gasteiger partial charge in [-0.1, -0.05) is 13.8 Å². The molecule has 0 saturated heterocycles. The lowest BCUT2D eigenvalue weighted by atomic mass is 10.1. The lowest BCUT2D eigenvalue weighted by molar-refractivity contribution is -0.131. The number of hydrogen-bond donors (Lipinski definition) is 1. The number of rotatable bonds is 5. The van der Waals surface area contributed by atoms with Crippen LogP contribution in [-0.4, -0.2) is 24.7 Å². The molecular weight excluding hydrogens is 233 g/mol. The molecule has 0 radical (unpaired) electrons. The fraction of sp³-hybridized carbons (Fsp3) is 0.357. The molecule has 0 heterocycles. The zero-order valence-electron chi connectivity index (χ0n) is 10.9. The summed E-state index contributed by atoms with van der Waals surface area (Å²) in [5, 5.41) is 8.55. The Morgan fingerprint density at radius 1 is 1.44 bits per heavy atom. The Labute approximate surface area is 107 Å². The second-order valence-electron chi connectivity index (χ2n) is 4.69. The molecule has 0 atom stereocenters. The zero-order chi connectivity index (χ0) is 13.7. The van der Waals surface area contributed by atoms with Gasteiger partial charge in [0, 0.05) is 25.4 Å². The molecule has 0 amide bonds. The Morgan fingerprint density at radius 2 is 2.11 bits per heavy atom. The lowest BCUT2D eigenvalue weighted by Gasteiger charge is -2.22. The second-order valence-corrected chi connectivity index (χ2v) is 4.69. The first-order valence-corrected chi connectivity index (χ1v) is 5.81. The van der Waals surface area contributed by atoms with Crippen LogP contribution in [0.1, 0.15) is 19.4 Å². The lowest BCUT2D eigenvalue weighted by Crippen LogP contribution is -2.22. The molecule has 1 aromatic rings. The van der Waals surface area contributed by atoms with Crippen molar-refractivity contribution in [2.24, 2.45) is 5.92 Å². The fourth-order valence-corrected chi connectivity index (χ4v) is 1.73. The van der Waals surface area contributed by atoms with Gasteiger partial charge in [0.2, 0.25) is 0 Å². The van der Waals surface area contributed by atoms with E-state index in [1.807, 2.05) is 11.9 Å². The van der Waals surface area contributed by atoms with Crippen molar-refractivity contribution in [3.05, 3.63) is 35.7 Å². The number of carbonyl (C=O) groups is 1. The number of hydrogen-bond acceptors (Lipinski definition) is 2. The summed E-state index contributed by atoms with van der Waals surface area (Å²) in [7, 11) is 1.89. The third kappa shape index (κ3) is 4.57. The Morgan fingerprint density at radius 3 is 2.67 bits per heavy atom. The van der Waals surface area contributed by atoms with Crippen LogP contribution in [0.25, 0.3) is 6.08 Å². The van der Waals surface area contributed by atoms with Crippen molar-refractivity contribution in [2.75, 3.05) is 18.5 Å². The van der Waals surface area contributed by atoms with Crippen molar-refractivity contribution in [2.45, 2.75) is 13.8 Å². The molecule has 3 nitrogen and oxygen atoms in total. The maximum Gasteiger partial charge on any atom is 0.328 e. The highest BCUT2D eigenvalue weighted by Gasteiger charge is 2.06. The summed E-state index contributed by atoms with van der Waals surface area (Å²) >= 11 is 0. The number of aliphatic carboxylic acids is 1. The van der Waals surface area contributed by atoms with Gasteiger partial charge in [-0.25, -0.2) is 9.18 Å². The normalized spacial score (nSPS) is 11.2. The average molecular weight is 251 g/mol. The molecule has 0 bridgehead atoms. The van der Waals surface area contributed by atoms with E-state index in [-0.39, 0.29) is 5.82 Å². The summed E-state index contributed by atoms with van der Waals surface area (Å²) in [5.74, 6) is -0.944. The quantitative estimate of drug-likeness (QED) is 0.818. The van der Waals surface area contributed by atoms with Crippen LogP contribution in [0.3, 0.4) is 0 Å². The predicted octanol–water partition coefficient (Wildman–Crippen LogP) is 3.02. The van der Waals surface area contributed by atoms with Gasteiger partial charge < -0.3 is 10.0 Å². The second kappa shape index (κ2) is 6.19. The molecule has 18 heavy (non-hydrogen) atoms. The number of nitrogens with zero attached hydrogens (tertiary/aromatic N) is 1. The summed E-state index contributed by atoms with van der Waals surface area (Å²) < 4.78 is 13.4. The molecule has 1 rings (SSSR count). The van der Waals surface area contributed by atoms with E-state index in [1.54, 1.807) is 6.07 Å². The van der Waals surface area contributed by atoms with Gasteiger partial charge in [0.15, 0.2) is 0 Å². The molecule has 0 aliphatic rings. The smallest absolute Gasteiger partial charge is 0.328 e. The van der Waals surface area contributed by atoms with Gasteiger partial charge in [-0.05, 0) is 35.8 Å². The molecule has 1 aromatic carbocycles. The van der Waals surface area contributed by atoms with Crippen LogP contribution in [0.15, 0.2) is 24.3 Å². The van der Waals surface area contributed by atoms with Crippen molar-refractivity contribution in [3.63, 3.8) is 0 Å². The van der Waals surface area contributed by atoms with E-state index in [0.717, 1.165) is 18.3 Å². The molecule has 0 aliphatic carbocycles. The minimum Gasteiger partial charge on any atom is -0.478 e. The van der Waals surface area contributed by atoms with E-state index in [4.69, 9.17) is 5.11 Å². The summed E-state index contributed by atoms with van der Waals surface area (Å²) in [4.78, 5) is 12.4. The van der Waals surface area contributed by atoms with Crippen LogP contribution in [0.4, 0.5) is 10.1 Å². The maximum atomic E-state index is 13.4. The van der Waals surface area contributed by atoms with Crippen LogP contribution in [-0.2, 0) is 4.79 Å². The Kier molecular flexibility index (Phi) is 4.89. The van der Waals surface area contributed by atoms with E-state index in [9.17, 15) is 9.18 Å². The molecule has 0 fully saturated rings. The highest BCUT2D eigenvalue weighted by molar-refractivity contribution is 5.85. The molecule has 0 aliphatic heterocycles. The van der Waals surface area contributed by atoms with Gasteiger partial charge in [0.05, 0.1) is 0 Å². The monoisotopic (exact) mass is 251 g/mol.